The molecule has 0 radical (unpaired) electrons. The van der Waals surface area contributed by atoms with Crippen LogP contribution in [-0.4, -0.2) is 12.5 Å². The van der Waals surface area contributed by atoms with Gasteiger partial charge in [0.2, 0.25) is 0 Å². The third-order valence-corrected chi connectivity index (χ3v) is 3.49. The monoisotopic (exact) mass is 276 g/mol. The molecule has 20 heavy (non-hydrogen) atoms. The van der Waals surface area contributed by atoms with E-state index in [2.05, 4.69) is 19.2 Å². The van der Waals surface area contributed by atoms with Crippen molar-refractivity contribution in [1.29, 1.82) is 0 Å². The minimum absolute atomic E-state index is 0.00433. The molecule has 0 fully saturated rings. The summed E-state index contributed by atoms with van der Waals surface area (Å²) in [5.41, 5.74) is 8.03. The van der Waals surface area contributed by atoms with Crippen molar-refractivity contribution in [1.82, 2.24) is 5.32 Å². The minimum atomic E-state index is 0.00433. The number of nitrogens with one attached hydrogen (secondary N) is 1. The molecule has 3 nitrogen and oxygen atoms in total. The molecule has 0 heterocycles. The summed E-state index contributed by atoms with van der Waals surface area (Å²) in [7, 11) is 0. The number of anilines is 1. The normalized spacial score (nSPS) is 10.8. The zero-order chi connectivity index (χ0) is 15.0. The van der Waals surface area contributed by atoms with Gasteiger partial charge >= 0.3 is 0 Å². The van der Waals surface area contributed by atoms with Gasteiger partial charge in [0, 0.05) is 17.8 Å². The maximum Gasteiger partial charge on any atom is 0.251 e. The van der Waals surface area contributed by atoms with Crippen LogP contribution in [0.4, 0.5) is 5.69 Å². The van der Waals surface area contributed by atoms with E-state index in [0.717, 1.165) is 30.0 Å². The van der Waals surface area contributed by atoms with E-state index in [-0.39, 0.29) is 5.91 Å². The molecule has 0 aliphatic rings. The van der Waals surface area contributed by atoms with Crippen molar-refractivity contribution in [2.45, 2.75) is 52.9 Å². The van der Waals surface area contributed by atoms with Crippen LogP contribution in [-0.2, 0) is 0 Å². The third-order valence-electron chi connectivity index (χ3n) is 3.49. The third kappa shape index (κ3) is 6.09. The lowest BCUT2D eigenvalue weighted by atomic mass is 10.0. The van der Waals surface area contributed by atoms with E-state index in [1.165, 1.54) is 25.7 Å². The Labute approximate surface area is 122 Å². The molecule has 0 unspecified atom stereocenters. The Morgan fingerprint density at radius 2 is 1.90 bits per heavy atom. The Bertz CT molecular complexity index is 427. The van der Waals surface area contributed by atoms with Crippen LogP contribution in [0.1, 0.15) is 61.9 Å². The van der Waals surface area contributed by atoms with Crippen LogP contribution >= 0.6 is 0 Å². The van der Waals surface area contributed by atoms with Crippen LogP contribution in [0.15, 0.2) is 18.2 Å². The highest BCUT2D eigenvalue weighted by Crippen LogP contribution is 2.12. The first-order valence-electron chi connectivity index (χ1n) is 7.65. The minimum Gasteiger partial charge on any atom is -0.399 e. The fraction of sp³-hybridized carbons (Fsp3) is 0.588. The Balaban J connectivity index is 2.20. The lowest BCUT2D eigenvalue weighted by molar-refractivity contribution is 0.0952. The van der Waals surface area contributed by atoms with Crippen molar-refractivity contribution < 1.29 is 4.79 Å². The summed E-state index contributed by atoms with van der Waals surface area (Å²) < 4.78 is 0. The molecule has 0 bridgehead atoms. The van der Waals surface area contributed by atoms with Crippen molar-refractivity contribution >= 4 is 11.6 Å². The summed E-state index contributed by atoms with van der Waals surface area (Å²) in [5, 5.41) is 2.98. The predicted molar refractivity (Wildman–Crippen MR) is 85.8 cm³/mol. The Hall–Kier alpha value is -1.51. The molecule has 0 saturated carbocycles. The molecule has 1 aromatic carbocycles. The quantitative estimate of drug-likeness (QED) is 0.558. The molecular weight excluding hydrogens is 248 g/mol. The molecule has 0 aromatic heterocycles. The zero-order valence-electron chi connectivity index (χ0n) is 13.0. The highest BCUT2D eigenvalue weighted by molar-refractivity contribution is 5.95. The molecule has 0 saturated heterocycles. The molecule has 3 N–H and O–H groups in total. The second-order valence-electron chi connectivity index (χ2n) is 5.93. The first-order valence-corrected chi connectivity index (χ1v) is 7.65. The highest BCUT2D eigenvalue weighted by Gasteiger charge is 2.07. The van der Waals surface area contributed by atoms with Gasteiger partial charge in [-0.2, -0.15) is 0 Å². The Kier molecular flexibility index (Phi) is 7.13. The first kappa shape index (κ1) is 16.5. The van der Waals surface area contributed by atoms with Gasteiger partial charge in [0.15, 0.2) is 0 Å². The number of carbonyl (C=O) groups is 1. The highest BCUT2D eigenvalue weighted by atomic mass is 16.1. The summed E-state index contributed by atoms with van der Waals surface area (Å²) in [6, 6.07) is 5.40. The molecule has 112 valence electrons. The fourth-order valence-corrected chi connectivity index (χ4v) is 2.27. The van der Waals surface area contributed by atoms with Crippen molar-refractivity contribution in [2.75, 3.05) is 12.3 Å². The number of carbonyl (C=O) groups excluding carboxylic acids is 1. The fourth-order valence-electron chi connectivity index (χ4n) is 2.27. The summed E-state index contributed by atoms with van der Waals surface area (Å²) >= 11 is 0. The van der Waals surface area contributed by atoms with Crippen LogP contribution in [0.3, 0.4) is 0 Å². The number of hydrogen-bond donors (Lipinski definition) is 2. The largest absolute Gasteiger partial charge is 0.399 e. The van der Waals surface area contributed by atoms with E-state index >= 15 is 0 Å². The number of benzene rings is 1. The van der Waals surface area contributed by atoms with Crippen molar-refractivity contribution in [3.63, 3.8) is 0 Å². The smallest absolute Gasteiger partial charge is 0.251 e. The molecule has 0 spiro atoms. The van der Waals surface area contributed by atoms with E-state index in [1.807, 2.05) is 13.0 Å². The summed E-state index contributed by atoms with van der Waals surface area (Å²) in [6.45, 7) is 7.19. The Morgan fingerprint density at radius 3 is 2.55 bits per heavy atom. The molecule has 3 heteroatoms. The molecule has 0 atom stereocenters. The summed E-state index contributed by atoms with van der Waals surface area (Å²) in [6.07, 6.45) is 6.10. The number of unbranched alkanes of at least 4 members (excludes halogenated alkanes) is 3. The lowest BCUT2D eigenvalue weighted by Gasteiger charge is -2.08. The molecule has 0 aliphatic carbocycles. The van der Waals surface area contributed by atoms with Gasteiger partial charge in [0.25, 0.3) is 5.91 Å². The van der Waals surface area contributed by atoms with Gasteiger partial charge in [0.1, 0.15) is 0 Å². The summed E-state index contributed by atoms with van der Waals surface area (Å²) in [5.74, 6) is 0.799. The molecule has 1 rings (SSSR count). The topological polar surface area (TPSA) is 55.1 Å². The number of hydrogen-bond acceptors (Lipinski definition) is 2. The van der Waals surface area contributed by atoms with Crippen LogP contribution < -0.4 is 11.1 Å². The van der Waals surface area contributed by atoms with Gasteiger partial charge in [-0.1, -0.05) is 39.5 Å². The molecule has 0 aliphatic heterocycles. The van der Waals surface area contributed by atoms with Gasteiger partial charge < -0.3 is 11.1 Å². The first-order chi connectivity index (χ1) is 9.50. The van der Waals surface area contributed by atoms with Crippen molar-refractivity contribution in [3.05, 3.63) is 29.3 Å². The van der Waals surface area contributed by atoms with Crippen LogP contribution in [0.2, 0.25) is 0 Å². The Morgan fingerprint density at radius 1 is 1.20 bits per heavy atom. The van der Waals surface area contributed by atoms with Crippen LogP contribution in [0.5, 0.6) is 0 Å². The lowest BCUT2D eigenvalue weighted by Crippen LogP contribution is -2.25. The zero-order valence-corrected chi connectivity index (χ0v) is 13.0. The van der Waals surface area contributed by atoms with E-state index in [0.29, 0.717) is 5.69 Å². The summed E-state index contributed by atoms with van der Waals surface area (Å²) in [4.78, 5) is 12.0. The SMILES string of the molecule is Cc1cc(N)ccc1C(=O)NCCCCCCC(C)C. The maximum atomic E-state index is 12.0. The maximum absolute atomic E-state index is 12.0. The number of aryl methyl sites for hydroxylation is 1. The van der Waals surface area contributed by atoms with Gasteiger partial charge in [-0.25, -0.2) is 0 Å². The van der Waals surface area contributed by atoms with E-state index in [9.17, 15) is 4.79 Å². The van der Waals surface area contributed by atoms with Crippen molar-refractivity contribution in [2.24, 2.45) is 5.92 Å². The molecule has 1 amide bonds. The van der Waals surface area contributed by atoms with E-state index in [4.69, 9.17) is 5.73 Å². The standard InChI is InChI=1S/C17H28N2O/c1-13(2)8-6-4-5-7-11-19-17(20)16-10-9-15(18)12-14(16)3/h9-10,12-13H,4-8,11,18H2,1-3H3,(H,19,20). The predicted octanol–water partition coefficient (Wildman–Crippen LogP) is 3.91. The number of amides is 1. The average molecular weight is 276 g/mol. The van der Waals surface area contributed by atoms with Gasteiger partial charge in [0.05, 0.1) is 0 Å². The average Bonchev–Trinajstić information content (AvgIpc) is 2.37. The van der Waals surface area contributed by atoms with Crippen LogP contribution in [0, 0.1) is 12.8 Å². The second kappa shape index (κ2) is 8.62. The molecular formula is C17H28N2O. The number of nitrogens with two attached hydrogens (primary N) is 1. The van der Waals surface area contributed by atoms with E-state index < -0.39 is 0 Å². The van der Waals surface area contributed by atoms with Crippen LogP contribution in [0.25, 0.3) is 0 Å². The van der Waals surface area contributed by atoms with Gasteiger partial charge in [-0.3, -0.25) is 4.79 Å². The van der Waals surface area contributed by atoms with E-state index in [1.54, 1.807) is 12.1 Å². The second-order valence-corrected chi connectivity index (χ2v) is 5.93. The number of rotatable bonds is 8. The molecule has 1 aromatic rings. The number of nitrogen functional groups attached to an aromatic ring is 1. The van der Waals surface area contributed by atoms with Crippen molar-refractivity contribution in [3.8, 4) is 0 Å². The van der Waals surface area contributed by atoms with Gasteiger partial charge in [-0.15, -0.1) is 0 Å². The van der Waals surface area contributed by atoms with Gasteiger partial charge in [-0.05, 0) is 43.0 Å².